The predicted octanol–water partition coefficient (Wildman–Crippen LogP) is 3.14. The summed E-state index contributed by atoms with van der Waals surface area (Å²) in [5, 5.41) is 0. The third kappa shape index (κ3) is 3.44. The first-order valence-corrected chi connectivity index (χ1v) is 6.05. The van der Waals surface area contributed by atoms with Gasteiger partial charge in [-0.05, 0) is 27.6 Å². The van der Waals surface area contributed by atoms with Gasteiger partial charge in [0.2, 0.25) is 0 Å². The first-order chi connectivity index (χ1) is 8.86. The molecule has 1 aromatic heterocycles. The Hall–Kier alpha value is -1.63. The molecular weight excluding hydrogens is 325 g/mol. The van der Waals surface area contributed by atoms with Crippen molar-refractivity contribution in [3.63, 3.8) is 0 Å². The molecule has 0 atom stereocenters. The van der Waals surface area contributed by atoms with Crippen molar-refractivity contribution >= 4 is 15.9 Å². The first kappa shape index (κ1) is 13.8. The molecule has 0 aliphatic carbocycles. The van der Waals surface area contributed by atoms with Crippen molar-refractivity contribution in [1.29, 1.82) is 0 Å². The summed E-state index contributed by atoms with van der Waals surface area (Å²) in [5.74, 6) is 0.313. The Bertz CT molecular complexity index is 652. The molecule has 0 saturated carbocycles. The smallest absolute Gasteiger partial charge is 0.309 e. The second-order valence-electron chi connectivity index (χ2n) is 3.88. The maximum Gasteiger partial charge on any atom is 0.416 e. The van der Waals surface area contributed by atoms with Crippen LogP contribution < -0.4 is 5.56 Å². The fraction of sp³-hybridized carbons (Fsp3) is 0.167. The maximum atomic E-state index is 12.5. The van der Waals surface area contributed by atoms with Crippen LogP contribution in [0.2, 0.25) is 0 Å². The maximum absolute atomic E-state index is 12.5. The number of hydrogen-bond donors (Lipinski definition) is 1. The fourth-order valence-electron chi connectivity index (χ4n) is 1.56. The van der Waals surface area contributed by atoms with E-state index in [0.717, 1.165) is 12.1 Å². The minimum atomic E-state index is -4.38. The Kier molecular flexibility index (Phi) is 3.75. The van der Waals surface area contributed by atoms with Crippen LogP contribution in [0.4, 0.5) is 13.2 Å². The molecule has 0 amide bonds. The summed E-state index contributed by atoms with van der Waals surface area (Å²) in [4.78, 5) is 17.8. The summed E-state index contributed by atoms with van der Waals surface area (Å²) in [6.07, 6.45) is -2.93. The van der Waals surface area contributed by atoms with E-state index < -0.39 is 11.7 Å². The van der Waals surface area contributed by atoms with E-state index in [1.54, 1.807) is 6.07 Å². The number of hydrogen-bond acceptors (Lipinski definition) is 2. The number of aromatic nitrogens is 2. The molecule has 3 nitrogen and oxygen atoms in total. The molecule has 0 bridgehead atoms. The van der Waals surface area contributed by atoms with Crippen LogP contribution in [-0.4, -0.2) is 9.97 Å². The van der Waals surface area contributed by atoms with Gasteiger partial charge < -0.3 is 4.98 Å². The zero-order valence-corrected chi connectivity index (χ0v) is 11.0. The summed E-state index contributed by atoms with van der Waals surface area (Å²) >= 11 is 3.00. The van der Waals surface area contributed by atoms with E-state index in [1.165, 1.54) is 12.3 Å². The molecule has 7 heteroatoms. The van der Waals surface area contributed by atoms with E-state index in [1.807, 2.05) is 0 Å². The van der Waals surface area contributed by atoms with Gasteiger partial charge in [-0.1, -0.05) is 18.2 Å². The average molecular weight is 333 g/mol. The fourth-order valence-corrected chi connectivity index (χ4v) is 1.76. The van der Waals surface area contributed by atoms with Crippen LogP contribution in [0.15, 0.2) is 39.7 Å². The molecule has 0 aliphatic rings. The number of nitrogens with zero attached hydrogens (tertiary/aromatic N) is 1. The number of H-pyrrole nitrogens is 1. The number of nitrogens with one attached hydrogen (secondary N) is 1. The van der Waals surface area contributed by atoms with Gasteiger partial charge >= 0.3 is 6.18 Å². The molecule has 0 unspecified atom stereocenters. The molecule has 1 aromatic carbocycles. The Morgan fingerprint density at radius 1 is 1.32 bits per heavy atom. The lowest BCUT2D eigenvalue weighted by molar-refractivity contribution is -0.137. The van der Waals surface area contributed by atoms with Crippen molar-refractivity contribution in [3.05, 3.63) is 62.2 Å². The van der Waals surface area contributed by atoms with Gasteiger partial charge in [-0.3, -0.25) is 4.79 Å². The third-order valence-electron chi connectivity index (χ3n) is 2.43. The van der Waals surface area contributed by atoms with Crippen LogP contribution in [0.25, 0.3) is 0 Å². The van der Waals surface area contributed by atoms with Gasteiger partial charge in [0, 0.05) is 12.6 Å². The normalized spacial score (nSPS) is 11.6. The quantitative estimate of drug-likeness (QED) is 0.918. The largest absolute Gasteiger partial charge is 0.416 e. The van der Waals surface area contributed by atoms with E-state index in [4.69, 9.17) is 0 Å². The van der Waals surface area contributed by atoms with Crippen LogP contribution in [0.3, 0.4) is 0 Å². The number of halogens is 4. The lowest BCUT2D eigenvalue weighted by Crippen LogP contribution is -2.12. The minimum Gasteiger partial charge on any atom is -0.309 e. The first-order valence-electron chi connectivity index (χ1n) is 5.26. The monoisotopic (exact) mass is 332 g/mol. The molecule has 1 N–H and O–H groups in total. The zero-order chi connectivity index (χ0) is 14.0. The summed E-state index contributed by atoms with van der Waals surface area (Å²) < 4.78 is 37.9. The molecule has 2 rings (SSSR count). The van der Waals surface area contributed by atoms with Crippen LogP contribution >= 0.6 is 15.9 Å². The Balaban J connectivity index is 2.28. The molecular formula is C12H8BrF3N2O. The van der Waals surface area contributed by atoms with Crippen LogP contribution in [0.5, 0.6) is 0 Å². The second kappa shape index (κ2) is 5.16. The summed E-state index contributed by atoms with van der Waals surface area (Å²) in [6, 6.07) is 4.93. The lowest BCUT2D eigenvalue weighted by atomic mass is 10.1. The SMILES string of the molecule is O=c1[nH]c(Cc2cccc(C(F)(F)F)c2)ncc1Br. The van der Waals surface area contributed by atoms with Gasteiger partial charge in [0.25, 0.3) is 5.56 Å². The van der Waals surface area contributed by atoms with Gasteiger partial charge in [0.15, 0.2) is 0 Å². The Morgan fingerprint density at radius 2 is 2.05 bits per heavy atom. The van der Waals surface area contributed by atoms with E-state index >= 15 is 0 Å². The van der Waals surface area contributed by atoms with Gasteiger partial charge in [-0.2, -0.15) is 13.2 Å². The molecule has 0 aliphatic heterocycles. The van der Waals surface area contributed by atoms with Gasteiger partial charge in [-0.25, -0.2) is 4.98 Å². The third-order valence-corrected chi connectivity index (χ3v) is 3.00. The van der Waals surface area contributed by atoms with E-state index in [0.29, 0.717) is 11.4 Å². The van der Waals surface area contributed by atoms with Gasteiger partial charge in [-0.15, -0.1) is 0 Å². The predicted molar refractivity (Wildman–Crippen MR) is 66.8 cm³/mol. The van der Waals surface area contributed by atoms with Crippen molar-refractivity contribution in [2.24, 2.45) is 0 Å². The average Bonchev–Trinajstić information content (AvgIpc) is 2.33. The minimum absolute atomic E-state index is 0.131. The van der Waals surface area contributed by atoms with Gasteiger partial charge in [0.1, 0.15) is 10.3 Å². The van der Waals surface area contributed by atoms with E-state index in [9.17, 15) is 18.0 Å². The van der Waals surface area contributed by atoms with Crippen LogP contribution in [0, 0.1) is 0 Å². The summed E-state index contributed by atoms with van der Waals surface area (Å²) in [6.45, 7) is 0. The highest BCUT2D eigenvalue weighted by atomic mass is 79.9. The highest BCUT2D eigenvalue weighted by Crippen LogP contribution is 2.29. The second-order valence-corrected chi connectivity index (χ2v) is 4.74. The summed E-state index contributed by atoms with van der Waals surface area (Å²) in [7, 11) is 0. The van der Waals surface area contributed by atoms with Gasteiger partial charge in [0.05, 0.1) is 5.56 Å². The Morgan fingerprint density at radius 3 is 2.68 bits per heavy atom. The Labute approximate surface area is 114 Å². The molecule has 0 saturated heterocycles. The molecule has 0 spiro atoms. The van der Waals surface area contributed by atoms with Crippen LogP contribution in [-0.2, 0) is 12.6 Å². The van der Waals surface area contributed by atoms with Crippen molar-refractivity contribution in [1.82, 2.24) is 9.97 Å². The zero-order valence-electron chi connectivity index (χ0n) is 9.46. The number of aromatic amines is 1. The number of rotatable bonds is 2. The number of alkyl halides is 3. The lowest BCUT2D eigenvalue weighted by Gasteiger charge is -2.08. The van der Waals surface area contributed by atoms with Crippen molar-refractivity contribution in [3.8, 4) is 0 Å². The molecule has 2 aromatic rings. The molecule has 0 fully saturated rings. The summed E-state index contributed by atoms with van der Waals surface area (Å²) in [5.41, 5.74) is -0.651. The molecule has 100 valence electrons. The highest BCUT2D eigenvalue weighted by Gasteiger charge is 2.30. The van der Waals surface area contributed by atoms with E-state index in [2.05, 4.69) is 25.9 Å². The molecule has 19 heavy (non-hydrogen) atoms. The molecule has 1 heterocycles. The molecule has 0 radical (unpaired) electrons. The standard InChI is InChI=1S/C12H8BrF3N2O/c13-9-6-17-10(18-11(9)19)5-7-2-1-3-8(4-7)12(14,15)16/h1-4,6H,5H2,(H,17,18,19). The topological polar surface area (TPSA) is 45.8 Å². The highest BCUT2D eigenvalue weighted by molar-refractivity contribution is 9.10. The number of benzene rings is 1. The van der Waals surface area contributed by atoms with E-state index in [-0.39, 0.29) is 16.5 Å². The van der Waals surface area contributed by atoms with Crippen molar-refractivity contribution in [2.45, 2.75) is 12.6 Å². The van der Waals surface area contributed by atoms with Crippen molar-refractivity contribution in [2.75, 3.05) is 0 Å². The van der Waals surface area contributed by atoms with Crippen LogP contribution in [0.1, 0.15) is 17.0 Å². The van der Waals surface area contributed by atoms with Crippen molar-refractivity contribution < 1.29 is 13.2 Å².